The van der Waals surface area contributed by atoms with Crippen LogP contribution in [0.4, 0.5) is 5.82 Å². The summed E-state index contributed by atoms with van der Waals surface area (Å²) in [5.41, 5.74) is 0. The lowest BCUT2D eigenvalue weighted by Gasteiger charge is -2.34. The molecule has 2 fully saturated rings. The van der Waals surface area contributed by atoms with Crippen molar-refractivity contribution in [1.82, 2.24) is 9.71 Å². The fourth-order valence-corrected chi connectivity index (χ4v) is 5.11. The van der Waals surface area contributed by atoms with Gasteiger partial charge < -0.3 is 4.90 Å². The first-order valence-electron chi connectivity index (χ1n) is 7.03. The zero-order valence-corrected chi connectivity index (χ0v) is 14.6. The van der Waals surface area contributed by atoms with Crippen LogP contribution in [-0.2, 0) is 10.0 Å². The topological polar surface area (TPSA) is 62.3 Å². The molecule has 2 heterocycles. The van der Waals surface area contributed by atoms with Crippen molar-refractivity contribution in [3.05, 3.63) is 21.8 Å². The number of hydrogen-bond acceptors (Lipinski definition) is 4. The number of halogens is 2. The molecule has 0 bridgehead atoms. The maximum atomic E-state index is 12.0. The third-order valence-corrected chi connectivity index (χ3v) is 6.60. The lowest BCUT2D eigenvalue weighted by atomic mass is 10.1. The molecule has 8 heteroatoms. The van der Waals surface area contributed by atoms with Gasteiger partial charge in [-0.05, 0) is 47.7 Å². The first kappa shape index (κ1) is 15.5. The molecule has 0 aromatic carbocycles. The van der Waals surface area contributed by atoms with Gasteiger partial charge in [-0.25, -0.2) is 18.1 Å². The van der Waals surface area contributed by atoms with Crippen LogP contribution in [0, 0.1) is 0 Å². The molecule has 0 radical (unpaired) electrons. The minimum Gasteiger partial charge on any atom is -0.354 e. The van der Waals surface area contributed by atoms with E-state index in [4.69, 9.17) is 11.6 Å². The number of sulfonamides is 1. The molecular weight excluding hydrogens is 378 g/mol. The molecule has 1 N–H and O–H groups in total. The van der Waals surface area contributed by atoms with E-state index < -0.39 is 10.0 Å². The Hall–Kier alpha value is -0.370. The number of anilines is 1. The summed E-state index contributed by atoms with van der Waals surface area (Å²) < 4.78 is 27.8. The van der Waals surface area contributed by atoms with Gasteiger partial charge in [0.05, 0.1) is 14.7 Å². The normalized spacial score (nSPS) is 23.3. The Morgan fingerprint density at radius 1 is 1.38 bits per heavy atom. The highest BCUT2D eigenvalue weighted by Gasteiger charge is 2.37. The van der Waals surface area contributed by atoms with E-state index in [9.17, 15) is 8.42 Å². The van der Waals surface area contributed by atoms with Crippen LogP contribution in [0.3, 0.4) is 0 Å². The summed E-state index contributed by atoms with van der Waals surface area (Å²) in [6.45, 7) is 1.51. The Balaban J connectivity index is 1.70. The second-order valence-electron chi connectivity index (χ2n) is 5.61. The Morgan fingerprint density at radius 2 is 2.14 bits per heavy atom. The summed E-state index contributed by atoms with van der Waals surface area (Å²) in [4.78, 5) is 6.45. The SMILES string of the molecule is O=S(=O)(NC1CCCN(c2ncc(Cl)cc2Br)C1)C1CC1. The first-order chi connectivity index (χ1) is 9.95. The predicted molar refractivity (Wildman–Crippen MR) is 87.3 cm³/mol. The predicted octanol–water partition coefficient (Wildman–Crippen LogP) is 2.55. The molecule has 1 aromatic heterocycles. The van der Waals surface area contributed by atoms with Crippen LogP contribution in [0.2, 0.25) is 5.02 Å². The molecule has 0 spiro atoms. The molecule has 5 nitrogen and oxygen atoms in total. The van der Waals surface area contributed by atoms with Crippen molar-refractivity contribution in [2.24, 2.45) is 0 Å². The lowest BCUT2D eigenvalue weighted by Crippen LogP contribution is -2.48. The number of nitrogens with zero attached hydrogens (tertiary/aromatic N) is 2. The molecule has 1 unspecified atom stereocenters. The molecule has 1 atom stereocenters. The van der Waals surface area contributed by atoms with Crippen LogP contribution in [0.25, 0.3) is 0 Å². The van der Waals surface area contributed by atoms with E-state index in [1.165, 1.54) is 0 Å². The molecule has 1 aliphatic heterocycles. The third kappa shape index (κ3) is 3.70. The summed E-state index contributed by atoms with van der Waals surface area (Å²) >= 11 is 9.38. The van der Waals surface area contributed by atoms with Gasteiger partial charge >= 0.3 is 0 Å². The van der Waals surface area contributed by atoms with Gasteiger partial charge in [0.15, 0.2) is 0 Å². The fourth-order valence-electron chi connectivity index (χ4n) is 2.61. The quantitative estimate of drug-likeness (QED) is 0.852. The molecule has 1 aromatic rings. The van der Waals surface area contributed by atoms with E-state index in [1.807, 2.05) is 6.07 Å². The van der Waals surface area contributed by atoms with Crippen LogP contribution in [0.15, 0.2) is 16.7 Å². The minimum absolute atomic E-state index is 0.0475. The average molecular weight is 395 g/mol. The van der Waals surface area contributed by atoms with Gasteiger partial charge in [0.2, 0.25) is 10.0 Å². The van der Waals surface area contributed by atoms with Crippen LogP contribution < -0.4 is 9.62 Å². The van der Waals surface area contributed by atoms with Crippen molar-refractivity contribution in [3.8, 4) is 0 Å². The zero-order chi connectivity index (χ0) is 15.0. The number of nitrogens with one attached hydrogen (secondary N) is 1. The van der Waals surface area contributed by atoms with Crippen LogP contribution in [0.1, 0.15) is 25.7 Å². The van der Waals surface area contributed by atoms with Crippen LogP contribution >= 0.6 is 27.5 Å². The van der Waals surface area contributed by atoms with Gasteiger partial charge in [0.25, 0.3) is 0 Å². The van der Waals surface area contributed by atoms with Gasteiger partial charge in [-0.15, -0.1) is 0 Å². The highest BCUT2D eigenvalue weighted by molar-refractivity contribution is 9.10. The van der Waals surface area contributed by atoms with Gasteiger partial charge in [0.1, 0.15) is 5.82 Å². The van der Waals surface area contributed by atoms with E-state index in [2.05, 4.69) is 30.5 Å². The summed E-state index contributed by atoms with van der Waals surface area (Å²) in [7, 11) is -3.14. The van der Waals surface area contributed by atoms with Crippen molar-refractivity contribution in [2.75, 3.05) is 18.0 Å². The largest absolute Gasteiger partial charge is 0.354 e. The smallest absolute Gasteiger partial charge is 0.214 e. The van der Waals surface area contributed by atoms with Crippen molar-refractivity contribution in [1.29, 1.82) is 0 Å². The Labute approximate surface area is 138 Å². The number of rotatable bonds is 4. The number of piperidine rings is 1. The van der Waals surface area contributed by atoms with E-state index in [0.717, 1.165) is 42.5 Å². The van der Waals surface area contributed by atoms with Crippen LogP contribution in [-0.4, -0.2) is 37.8 Å². The van der Waals surface area contributed by atoms with E-state index in [1.54, 1.807) is 6.20 Å². The number of hydrogen-bond donors (Lipinski definition) is 1. The second-order valence-corrected chi connectivity index (χ2v) is 8.89. The lowest BCUT2D eigenvalue weighted by molar-refractivity contribution is 0.463. The maximum Gasteiger partial charge on any atom is 0.214 e. The standard InChI is InChI=1S/C13H17BrClN3O2S/c14-12-6-9(15)7-16-13(12)18-5-1-2-10(8-18)17-21(19,20)11-3-4-11/h6-7,10-11,17H,1-5,8H2. The van der Waals surface area contributed by atoms with Gasteiger partial charge in [-0.2, -0.15) is 0 Å². The molecule has 1 saturated carbocycles. The molecule has 1 aliphatic carbocycles. The summed E-state index contributed by atoms with van der Waals surface area (Å²) in [5.74, 6) is 0.815. The maximum absolute atomic E-state index is 12.0. The zero-order valence-electron chi connectivity index (χ0n) is 11.4. The summed E-state index contributed by atoms with van der Waals surface area (Å²) in [6.07, 6.45) is 4.99. The highest BCUT2D eigenvalue weighted by atomic mass is 79.9. The fraction of sp³-hybridized carbons (Fsp3) is 0.615. The molecule has 0 amide bonds. The van der Waals surface area contributed by atoms with E-state index in [0.29, 0.717) is 11.6 Å². The van der Waals surface area contributed by atoms with Crippen molar-refractivity contribution >= 4 is 43.4 Å². The highest BCUT2D eigenvalue weighted by Crippen LogP contribution is 2.30. The Kier molecular flexibility index (Phi) is 4.45. The van der Waals surface area contributed by atoms with Crippen molar-refractivity contribution < 1.29 is 8.42 Å². The first-order valence-corrected chi connectivity index (χ1v) is 9.74. The Morgan fingerprint density at radius 3 is 2.81 bits per heavy atom. The number of pyridine rings is 1. The van der Waals surface area contributed by atoms with E-state index in [-0.39, 0.29) is 11.3 Å². The van der Waals surface area contributed by atoms with Gasteiger partial charge in [0, 0.05) is 25.3 Å². The average Bonchev–Trinajstić information content (AvgIpc) is 3.23. The molecule has 1 saturated heterocycles. The molecular formula is C13H17BrClN3O2S. The van der Waals surface area contributed by atoms with Crippen molar-refractivity contribution in [3.63, 3.8) is 0 Å². The van der Waals surface area contributed by atoms with Gasteiger partial charge in [-0.1, -0.05) is 11.6 Å². The van der Waals surface area contributed by atoms with Crippen molar-refractivity contribution in [2.45, 2.75) is 37.0 Å². The minimum atomic E-state index is -3.14. The monoisotopic (exact) mass is 393 g/mol. The Bertz CT molecular complexity index is 636. The molecule has 3 rings (SSSR count). The summed E-state index contributed by atoms with van der Waals surface area (Å²) in [5, 5.41) is 0.405. The number of aromatic nitrogens is 1. The molecule has 21 heavy (non-hydrogen) atoms. The molecule has 116 valence electrons. The summed E-state index contributed by atoms with van der Waals surface area (Å²) in [6, 6.07) is 1.76. The van der Waals surface area contributed by atoms with Gasteiger partial charge in [-0.3, -0.25) is 0 Å². The molecule has 2 aliphatic rings. The van der Waals surface area contributed by atoms with Crippen LogP contribution in [0.5, 0.6) is 0 Å². The van der Waals surface area contributed by atoms with E-state index >= 15 is 0 Å². The second kappa shape index (κ2) is 6.02. The third-order valence-electron chi connectivity index (χ3n) is 3.80.